The Hall–Kier alpha value is -2.06. The summed E-state index contributed by atoms with van der Waals surface area (Å²) >= 11 is 0. The van der Waals surface area contributed by atoms with Gasteiger partial charge in [-0.2, -0.15) is 5.10 Å². The average molecular weight is 341 g/mol. The molecule has 1 amide bonds. The number of anilines is 1. The van der Waals surface area contributed by atoms with E-state index in [4.69, 9.17) is 4.74 Å². The van der Waals surface area contributed by atoms with E-state index in [2.05, 4.69) is 10.5 Å². The summed E-state index contributed by atoms with van der Waals surface area (Å²) in [7, 11) is 0. The maximum atomic E-state index is 14.6. The van der Waals surface area contributed by atoms with Gasteiger partial charge in [0.1, 0.15) is 0 Å². The molecule has 6 nitrogen and oxygen atoms in total. The molecule has 2 rings (SSSR count). The van der Waals surface area contributed by atoms with Crippen LogP contribution in [0.2, 0.25) is 0 Å². The minimum absolute atomic E-state index is 0.0358. The number of morpholine rings is 1. The molecule has 1 saturated heterocycles. The number of nitrogens with one attached hydrogen (secondary N) is 1. The van der Waals surface area contributed by atoms with E-state index in [0.717, 1.165) is 6.21 Å². The van der Waals surface area contributed by atoms with Gasteiger partial charge in [0, 0.05) is 31.1 Å². The van der Waals surface area contributed by atoms with E-state index < -0.39 is 24.1 Å². The summed E-state index contributed by atoms with van der Waals surface area (Å²) in [5, 5.41) is 13.1. The zero-order valence-corrected chi connectivity index (χ0v) is 13.8. The lowest BCUT2D eigenvalue weighted by molar-refractivity contribution is -0.118. The summed E-state index contributed by atoms with van der Waals surface area (Å²) < 4.78 is 34.5. The molecule has 0 aromatic heterocycles. The summed E-state index contributed by atoms with van der Waals surface area (Å²) in [4.78, 5) is 12.5. The summed E-state index contributed by atoms with van der Waals surface area (Å²) in [6, 6.07) is 1.32. The van der Waals surface area contributed by atoms with Crippen LogP contribution in [-0.4, -0.2) is 42.5 Å². The average Bonchev–Trinajstić information content (AvgIpc) is 2.49. The quantitative estimate of drug-likeness (QED) is 0.644. The van der Waals surface area contributed by atoms with E-state index in [1.807, 2.05) is 13.8 Å². The summed E-state index contributed by atoms with van der Waals surface area (Å²) in [6.45, 7) is 5.29. The summed E-state index contributed by atoms with van der Waals surface area (Å²) in [5.41, 5.74) is 2.26. The van der Waals surface area contributed by atoms with Gasteiger partial charge in [-0.25, -0.2) is 14.2 Å². The molecule has 0 bridgehead atoms. The summed E-state index contributed by atoms with van der Waals surface area (Å²) in [6.07, 6.45) is 0.736. The molecule has 0 radical (unpaired) electrons. The molecule has 0 aliphatic carbocycles. The number of hydrazone groups is 1. The van der Waals surface area contributed by atoms with Gasteiger partial charge in [-0.15, -0.1) is 0 Å². The van der Waals surface area contributed by atoms with Crippen molar-refractivity contribution in [3.8, 4) is 0 Å². The molecule has 24 heavy (non-hydrogen) atoms. The van der Waals surface area contributed by atoms with Crippen molar-refractivity contribution in [2.45, 2.75) is 39.6 Å². The van der Waals surface area contributed by atoms with Gasteiger partial charge in [-0.1, -0.05) is 0 Å². The number of aliphatic hydroxyl groups excluding tert-OH is 1. The second kappa shape index (κ2) is 7.67. The first kappa shape index (κ1) is 18.3. The van der Waals surface area contributed by atoms with E-state index in [1.165, 1.54) is 13.0 Å². The highest BCUT2D eigenvalue weighted by atomic mass is 19.2. The van der Waals surface area contributed by atoms with Gasteiger partial charge in [-0.05, 0) is 19.9 Å². The molecule has 8 heteroatoms. The van der Waals surface area contributed by atoms with Crippen molar-refractivity contribution >= 4 is 17.8 Å². The highest BCUT2D eigenvalue weighted by Crippen LogP contribution is 2.31. The van der Waals surface area contributed by atoms with E-state index in [1.54, 1.807) is 4.90 Å². The molecule has 132 valence electrons. The lowest BCUT2D eigenvalue weighted by atomic mass is 10.1. The number of hydrogen-bond acceptors (Lipinski definition) is 5. The number of carbonyl (C=O) groups excluding carboxylic acids is 1. The lowest BCUT2D eigenvalue weighted by Crippen LogP contribution is -2.46. The van der Waals surface area contributed by atoms with Crippen molar-refractivity contribution in [2.75, 3.05) is 18.0 Å². The SMILES string of the molecule is CC(=O)NN=Cc1cc(CO)c(N2C[C@@H](C)O[C@@H](C)C2)c(F)c1F. The minimum Gasteiger partial charge on any atom is -0.392 e. The number of hydrogen-bond donors (Lipinski definition) is 2. The first-order valence-corrected chi connectivity index (χ1v) is 7.65. The number of rotatable bonds is 4. The third-order valence-electron chi connectivity index (χ3n) is 3.62. The van der Waals surface area contributed by atoms with Crippen molar-refractivity contribution in [3.63, 3.8) is 0 Å². The minimum atomic E-state index is -1.08. The second-order valence-electron chi connectivity index (χ2n) is 5.85. The van der Waals surface area contributed by atoms with E-state index in [0.29, 0.717) is 13.1 Å². The highest BCUT2D eigenvalue weighted by molar-refractivity contribution is 5.83. The van der Waals surface area contributed by atoms with Gasteiger partial charge >= 0.3 is 0 Å². The van der Waals surface area contributed by atoms with Crippen LogP contribution < -0.4 is 10.3 Å². The Morgan fingerprint density at radius 1 is 1.42 bits per heavy atom. The molecule has 0 saturated carbocycles. The predicted octanol–water partition coefficient (Wildman–Crippen LogP) is 1.54. The number of benzene rings is 1. The van der Waals surface area contributed by atoms with Crippen LogP contribution in [-0.2, 0) is 16.1 Å². The van der Waals surface area contributed by atoms with Crippen molar-refractivity contribution in [1.82, 2.24) is 5.43 Å². The molecular weight excluding hydrogens is 320 g/mol. The standard InChI is InChI=1S/C16H21F2N3O3/c1-9-6-21(7-10(2)24-9)16-13(8-22)4-12(14(17)15(16)18)5-19-20-11(3)23/h4-5,9-10,22H,6-8H2,1-3H3,(H,20,23)/t9-,10+. The first-order chi connectivity index (χ1) is 11.3. The number of carbonyl (C=O) groups is 1. The maximum absolute atomic E-state index is 14.6. The molecule has 2 N–H and O–H groups in total. The lowest BCUT2D eigenvalue weighted by Gasteiger charge is -2.38. The normalized spacial score (nSPS) is 21.3. The smallest absolute Gasteiger partial charge is 0.236 e. The van der Waals surface area contributed by atoms with Crippen LogP contribution in [0.1, 0.15) is 31.9 Å². The fourth-order valence-corrected chi connectivity index (χ4v) is 2.80. The Morgan fingerprint density at radius 2 is 2.04 bits per heavy atom. The molecule has 2 atom stereocenters. The van der Waals surface area contributed by atoms with Crippen molar-refractivity contribution in [1.29, 1.82) is 0 Å². The van der Waals surface area contributed by atoms with Crippen LogP contribution in [0.3, 0.4) is 0 Å². The second-order valence-corrected chi connectivity index (χ2v) is 5.85. The molecule has 1 aromatic rings. The van der Waals surface area contributed by atoms with Crippen LogP contribution in [0.4, 0.5) is 14.5 Å². The van der Waals surface area contributed by atoms with Crippen molar-refractivity contribution in [2.24, 2.45) is 5.10 Å². The zero-order valence-electron chi connectivity index (χ0n) is 13.8. The Labute approximate surface area is 139 Å². The fraction of sp³-hybridized carbons (Fsp3) is 0.500. The molecule has 1 fully saturated rings. The third kappa shape index (κ3) is 4.07. The number of amides is 1. The Balaban J connectivity index is 2.40. The van der Waals surface area contributed by atoms with E-state index in [-0.39, 0.29) is 29.0 Å². The van der Waals surface area contributed by atoms with Gasteiger partial charge in [0.05, 0.1) is 30.7 Å². The summed E-state index contributed by atoms with van der Waals surface area (Å²) in [5.74, 6) is -2.56. The van der Waals surface area contributed by atoms with Gasteiger partial charge < -0.3 is 14.7 Å². The third-order valence-corrected chi connectivity index (χ3v) is 3.62. The molecule has 1 heterocycles. The monoisotopic (exact) mass is 341 g/mol. The highest BCUT2D eigenvalue weighted by Gasteiger charge is 2.28. The Kier molecular flexibility index (Phi) is 5.84. The van der Waals surface area contributed by atoms with Gasteiger partial charge in [0.2, 0.25) is 5.91 Å². The van der Waals surface area contributed by atoms with Gasteiger partial charge in [0.15, 0.2) is 11.6 Å². The predicted molar refractivity (Wildman–Crippen MR) is 85.9 cm³/mol. The topological polar surface area (TPSA) is 74.2 Å². The van der Waals surface area contributed by atoms with Crippen LogP contribution in [0.15, 0.2) is 11.2 Å². The number of nitrogens with zero attached hydrogens (tertiary/aromatic N) is 2. The van der Waals surface area contributed by atoms with Crippen LogP contribution in [0.25, 0.3) is 0 Å². The van der Waals surface area contributed by atoms with E-state index in [9.17, 15) is 18.7 Å². The molecule has 1 aliphatic heterocycles. The molecule has 0 spiro atoms. The molecule has 1 aromatic carbocycles. The number of aliphatic hydroxyl groups is 1. The van der Waals surface area contributed by atoms with Gasteiger partial charge in [0.25, 0.3) is 0 Å². The van der Waals surface area contributed by atoms with Crippen molar-refractivity contribution < 1.29 is 23.4 Å². The van der Waals surface area contributed by atoms with E-state index >= 15 is 0 Å². The number of halogens is 2. The van der Waals surface area contributed by atoms with Crippen LogP contribution >= 0.6 is 0 Å². The van der Waals surface area contributed by atoms with Crippen molar-refractivity contribution in [3.05, 3.63) is 28.8 Å². The first-order valence-electron chi connectivity index (χ1n) is 7.65. The van der Waals surface area contributed by atoms with Crippen LogP contribution in [0.5, 0.6) is 0 Å². The fourth-order valence-electron chi connectivity index (χ4n) is 2.80. The number of ether oxygens (including phenoxy) is 1. The largest absolute Gasteiger partial charge is 0.392 e. The molecule has 0 unspecified atom stereocenters. The van der Waals surface area contributed by atoms with Crippen LogP contribution in [0, 0.1) is 11.6 Å². The molecular formula is C16H21F2N3O3. The Bertz CT molecular complexity index is 642. The zero-order chi connectivity index (χ0) is 17.9. The molecule has 1 aliphatic rings. The van der Waals surface area contributed by atoms with Gasteiger partial charge in [-0.3, -0.25) is 4.79 Å². The maximum Gasteiger partial charge on any atom is 0.236 e. The Morgan fingerprint density at radius 3 is 2.58 bits per heavy atom.